The first-order chi connectivity index (χ1) is 14.5. The van der Waals surface area contributed by atoms with Gasteiger partial charge < -0.3 is 20.3 Å². The highest BCUT2D eigenvalue weighted by molar-refractivity contribution is 7.80. The van der Waals surface area contributed by atoms with E-state index in [2.05, 4.69) is 53.6 Å². The second-order valence-electron chi connectivity index (χ2n) is 7.91. The van der Waals surface area contributed by atoms with Gasteiger partial charge >= 0.3 is 5.97 Å². The summed E-state index contributed by atoms with van der Waals surface area (Å²) >= 11 is 5.47. The van der Waals surface area contributed by atoms with Crippen LogP contribution in [0.1, 0.15) is 55.6 Å². The molecule has 30 heavy (non-hydrogen) atoms. The Morgan fingerprint density at radius 1 is 1.27 bits per heavy atom. The van der Waals surface area contributed by atoms with E-state index < -0.39 is 0 Å². The molecule has 0 aromatic heterocycles. The molecule has 0 spiro atoms. The van der Waals surface area contributed by atoms with Gasteiger partial charge in [-0.15, -0.1) is 0 Å². The lowest BCUT2D eigenvalue weighted by Gasteiger charge is -2.33. The fourth-order valence-corrected chi connectivity index (χ4v) is 4.08. The van der Waals surface area contributed by atoms with E-state index in [9.17, 15) is 4.79 Å². The van der Waals surface area contributed by atoms with Crippen molar-refractivity contribution in [3.63, 3.8) is 0 Å². The van der Waals surface area contributed by atoms with E-state index in [4.69, 9.17) is 17.0 Å². The molecule has 6 heteroatoms. The summed E-state index contributed by atoms with van der Waals surface area (Å²) in [6, 6.07) is 15.9. The van der Waals surface area contributed by atoms with E-state index >= 15 is 0 Å². The Kier molecular flexibility index (Phi) is 7.69. The van der Waals surface area contributed by atoms with Crippen LogP contribution in [-0.4, -0.2) is 30.8 Å². The van der Waals surface area contributed by atoms with Gasteiger partial charge in [-0.3, -0.25) is 0 Å². The molecule has 2 aromatic carbocycles. The average molecular weight is 426 g/mol. The van der Waals surface area contributed by atoms with Crippen molar-refractivity contribution in [2.75, 3.05) is 29.9 Å². The maximum Gasteiger partial charge on any atom is 0.338 e. The molecule has 2 atom stereocenters. The van der Waals surface area contributed by atoms with Gasteiger partial charge in [0.25, 0.3) is 0 Å². The van der Waals surface area contributed by atoms with Crippen LogP contribution in [0.2, 0.25) is 0 Å². The monoisotopic (exact) mass is 425 g/mol. The minimum Gasteiger partial charge on any atom is -0.462 e. The van der Waals surface area contributed by atoms with Gasteiger partial charge in [0, 0.05) is 24.5 Å². The predicted octanol–water partition coefficient (Wildman–Crippen LogP) is 5.15. The topological polar surface area (TPSA) is 53.6 Å². The molecule has 3 rings (SSSR count). The molecular weight excluding hydrogens is 394 g/mol. The van der Waals surface area contributed by atoms with Gasteiger partial charge in [-0.25, -0.2) is 4.79 Å². The van der Waals surface area contributed by atoms with Crippen LogP contribution in [0.4, 0.5) is 11.4 Å². The first-order valence-electron chi connectivity index (χ1n) is 10.7. The van der Waals surface area contributed by atoms with Gasteiger partial charge in [-0.2, -0.15) is 0 Å². The van der Waals surface area contributed by atoms with Gasteiger partial charge in [0.2, 0.25) is 0 Å². The Labute approximate surface area is 184 Å². The fourth-order valence-electron chi connectivity index (χ4n) is 3.78. The number of thiocarbonyl (C=S) groups is 1. The third-order valence-electron chi connectivity index (χ3n) is 5.39. The zero-order chi connectivity index (χ0) is 21.5. The molecule has 2 unspecified atom stereocenters. The van der Waals surface area contributed by atoms with Crippen molar-refractivity contribution in [3.05, 3.63) is 59.7 Å². The predicted molar refractivity (Wildman–Crippen MR) is 127 cm³/mol. The van der Waals surface area contributed by atoms with E-state index in [1.54, 1.807) is 25.1 Å². The lowest BCUT2D eigenvalue weighted by Crippen LogP contribution is -2.34. The summed E-state index contributed by atoms with van der Waals surface area (Å²) in [4.78, 5) is 14.4. The summed E-state index contributed by atoms with van der Waals surface area (Å²) in [5.74, 6) is 0.418. The molecule has 1 fully saturated rings. The number of nitrogens with one attached hydrogen (secondary N) is 2. The number of ether oxygens (including phenoxy) is 1. The molecule has 1 aliphatic rings. The van der Waals surface area contributed by atoms with E-state index in [1.807, 2.05) is 6.07 Å². The van der Waals surface area contributed by atoms with Crippen LogP contribution in [0, 0.1) is 5.92 Å². The van der Waals surface area contributed by atoms with Crippen molar-refractivity contribution in [3.8, 4) is 0 Å². The zero-order valence-electron chi connectivity index (χ0n) is 18.0. The molecule has 0 radical (unpaired) electrons. The average Bonchev–Trinajstić information content (AvgIpc) is 2.74. The molecule has 0 aliphatic carbocycles. The fraction of sp³-hybridized carbons (Fsp3) is 0.417. The molecule has 5 nitrogen and oxygen atoms in total. The Morgan fingerprint density at radius 2 is 2.03 bits per heavy atom. The van der Waals surface area contributed by atoms with Gasteiger partial charge in [0.05, 0.1) is 18.2 Å². The highest BCUT2D eigenvalue weighted by Gasteiger charge is 2.17. The first kappa shape index (κ1) is 22.1. The Balaban J connectivity index is 1.56. The normalized spacial score (nSPS) is 17.2. The number of carbonyl (C=O) groups is 1. The summed E-state index contributed by atoms with van der Waals surface area (Å²) in [7, 11) is 0. The molecule has 1 heterocycles. The first-order valence-corrected chi connectivity index (χ1v) is 11.1. The molecule has 0 amide bonds. The number of anilines is 2. The quantitative estimate of drug-likeness (QED) is 0.493. The maximum atomic E-state index is 11.9. The van der Waals surface area contributed by atoms with Crippen LogP contribution in [0.15, 0.2) is 48.5 Å². The minimum atomic E-state index is -0.336. The van der Waals surface area contributed by atoms with Crippen molar-refractivity contribution in [1.29, 1.82) is 0 Å². The second kappa shape index (κ2) is 10.4. The number of hydrogen-bond donors (Lipinski definition) is 2. The molecule has 0 saturated carbocycles. The summed E-state index contributed by atoms with van der Waals surface area (Å²) < 4.78 is 5.05. The van der Waals surface area contributed by atoms with E-state index in [0.717, 1.165) is 24.7 Å². The van der Waals surface area contributed by atoms with Crippen LogP contribution < -0.4 is 15.5 Å². The second-order valence-corrected chi connectivity index (χ2v) is 8.31. The number of benzene rings is 2. The lowest BCUT2D eigenvalue weighted by molar-refractivity contribution is 0.0526. The molecule has 0 bridgehead atoms. The zero-order valence-corrected chi connectivity index (χ0v) is 18.8. The van der Waals surface area contributed by atoms with Gasteiger partial charge in [-0.05, 0) is 80.7 Å². The number of carbonyl (C=O) groups excluding carboxylic acids is 1. The van der Waals surface area contributed by atoms with Crippen LogP contribution >= 0.6 is 12.2 Å². The highest BCUT2D eigenvalue weighted by atomic mass is 32.1. The summed E-state index contributed by atoms with van der Waals surface area (Å²) in [5, 5.41) is 6.98. The van der Waals surface area contributed by atoms with Crippen molar-refractivity contribution in [1.82, 2.24) is 5.32 Å². The number of rotatable bonds is 6. The maximum absolute atomic E-state index is 11.9. The Morgan fingerprint density at radius 3 is 2.73 bits per heavy atom. The largest absolute Gasteiger partial charge is 0.462 e. The highest BCUT2D eigenvalue weighted by Crippen LogP contribution is 2.24. The van der Waals surface area contributed by atoms with E-state index in [1.165, 1.54) is 24.1 Å². The van der Waals surface area contributed by atoms with E-state index in [-0.39, 0.29) is 12.0 Å². The number of nitrogens with zero attached hydrogens (tertiary/aromatic N) is 1. The number of hydrogen-bond acceptors (Lipinski definition) is 4. The third kappa shape index (κ3) is 5.95. The number of esters is 1. The van der Waals surface area contributed by atoms with Crippen LogP contribution in [-0.2, 0) is 4.74 Å². The molecule has 160 valence electrons. The lowest BCUT2D eigenvalue weighted by atomic mass is 9.99. The van der Waals surface area contributed by atoms with Crippen LogP contribution in [0.3, 0.4) is 0 Å². The number of piperidine rings is 1. The molecule has 2 N–H and O–H groups in total. The Hall–Kier alpha value is -2.60. The minimum absolute atomic E-state index is 0.0626. The van der Waals surface area contributed by atoms with Crippen molar-refractivity contribution in [2.45, 2.75) is 39.7 Å². The van der Waals surface area contributed by atoms with Crippen molar-refractivity contribution >= 4 is 34.7 Å². The standard InChI is InChI=1S/C24H31N3O2S/c1-4-29-23(28)20-8-5-9-21(15-20)26-24(30)25-18(3)19-10-12-22(13-11-19)27-14-6-7-17(2)16-27/h5,8-13,15,17-18H,4,6-7,14,16H2,1-3H3,(H2,25,26,30). The van der Waals surface area contributed by atoms with E-state index in [0.29, 0.717) is 17.3 Å². The molecule has 2 aromatic rings. The van der Waals surface area contributed by atoms with Crippen LogP contribution in [0.5, 0.6) is 0 Å². The smallest absolute Gasteiger partial charge is 0.338 e. The van der Waals surface area contributed by atoms with Gasteiger partial charge in [0.1, 0.15) is 0 Å². The summed E-state index contributed by atoms with van der Waals surface area (Å²) in [6.07, 6.45) is 2.58. The molecule has 1 saturated heterocycles. The van der Waals surface area contributed by atoms with Gasteiger partial charge in [0.15, 0.2) is 5.11 Å². The third-order valence-corrected chi connectivity index (χ3v) is 5.61. The molecular formula is C24H31N3O2S. The Bertz CT molecular complexity index is 869. The van der Waals surface area contributed by atoms with Crippen molar-refractivity contribution in [2.24, 2.45) is 5.92 Å². The summed E-state index contributed by atoms with van der Waals surface area (Å²) in [6.45, 7) is 8.82. The van der Waals surface area contributed by atoms with Crippen LogP contribution in [0.25, 0.3) is 0 Å². The summed E-state index contributed by atoms with van der Waals surface area (Å²) in [5.41, 5.74) is 3.71. The van der Waals surface area contributed by atoms with Gasteiger partial charge in [-0.1, -0.05) is 25.1 Å². The SMILES string of the molecule is CCOC(=O)c1cccc(NC(=S)NC(C)c2ccc(N3CCCC(C)C3)cc2)c1. The van der Waals surface area contributed by atoms with Crippen molar-refractivity contribution < 1.29 is 9.53 Å². The molecule has 1 aliphatic heterocycles.